The van der Waals surface area contributed by atoms with Crippen LogP contribution < -0.4 is 10.1 Å². The number of Topliss-reactive ketones (excluding diaryl/α,β-unsaturated/α-hetero) is 1. The SMILES string of the molecule is COC(=O)[C@@H]1[C@H](O)[C@H](C)[C@H](O)[C@](C)(O)/C=C\C=C(/C)C(=O)Nc2c(C)c(OC(C)=O)c3c(c2O)C(=O)C(C)=C2OCOC(=C23)/C(C)=C/[C@@](C)(O)[C@H](O)[C@H](C)[C@@H]1OC(C)=O. The number of rotatable bonds is 3. The Morgan fingerprint density at radius 2 is 1.46 bits per heavy atom. The van der Waals surface area contributed by atoms with E-state index in [4.69, 9.17) is 23.7 Å². The number of phenolic OH excluding ortho intramolecular Hbond substituents is 1. The highest BCUT2D eigenvalue weighted by Gasteiger charge is 2.50. The van der Waals surface area contributed by atoms with Crippen molar-refractivity contribution in [3.05, 3.63) is 69.2 Å². The number of hydrogen-bond acceptors (Lipinski definition) is 16. The van der Waals surface area contributed by atoms with Crippen LogP contribution in [0, 0.1) is 24.7 Å². The fourth-order valence-corrected chi connectivity index (χ4v) is 7.66. The van der Waals surface area contributed by atoms with Crippen LogP contribution in [-0.4, -0.2) is 110 Å². The molecule has 0 saturated carbocycles. The summed E-state index contributed by atoms with van der Waals surface area (Å²) >= 11 is 0. The van der Waals surface area contributed by atoms with Crippen LogP contribution in [0.1, 0.15) is 83.8 Å². The van der Waals surface area contributed by atoms with E-state index in [-0.39, 0.29) is 61.9 Å². The molecule has 5 rings (SSSR count). The summed E-state index contributed by atoms with van der Waals surface area (Å²) in [5.41, 5.74) is -5.03. The lowest BCUT2D eigenvalue weighted by Crippen LogP contribution is -2.55. The molecule has 0 spiro atoms. The number of aliphatic hydroxyl groups is 5. The minimum Gasteiger partial charge on any atom is -0.505 e. The Hall–Kier alpha value is -5.33. The van der Waals surface area contributed by atoms with E-state index in [0.29, 0.717) is 0 Å². The average Bonchev–Trinajstić information content (AvgIpc) is 3.16. The summed E-state index contributed by atoms with van der Waals surface area (Å²) in [7, 11) is 1.01. The Morgan fingerprint density at radius 3 is 2.03 bits per heavy atom. The largest absolute Gasteiger partial charge is 0.505 e. The number of amides is 1. The van der Waals surface area contributed by atoms with Crippen LogP contribution in [0.15, 0.2) is 52.5 Å². The molecule has 17 heteroatoms. The summed E-state index contributed by atoms with van der Waals surface area (Å²) in [5.74, 6) is -9.89. The number of aliphatic hydroxyl groups excluding tert-OH is 3. The maximum Gasteiger partial charge on any atom is 0.315 e. The fraction of sp³-hybridized carbons (Fsp3) is 0.500. The Kier molecular flexibility index (Phi) is 13.7. The smallest absolute Gasteiger partial charge is 0.315 e. The molecule has 0 unspecified atom stereocenters. The van der Waals surface area contributed by atoms with E-state index in [0.717, 1.165) is 27.0 Å². The summed E-state index contributed by atoms with van der Waals surface area (Å²) in [4.78, 5) is 66.1. The van der Waals surface area contributed by atoms with Gasteiger partial charge in [-0.1, -0.05) is 32.1 Å². The Bertz CT molecular complexity index is 2090. The van der Waals surface area contributed by atoms with E-state index < -0.39 is 95.5 Å². The number of fused-ring (bicyclic) bond motifs is 14. The van der Waals surface area contributed by atoms with E-state index in [2.05, 4.69) is 5.32 Å². The van der Waals surface area contributed by atoms with Crippen LogP contribution >= 0.6 is 0 Å². The molecule has 322 valence electrons. The van der Waals surface area contributed by atoms with Crippen molar-refractivity contribution in [2.24, 2.45) is 17.8 Å². The van der Waals surface area contributed by atoms with Gasteiger partial charge in [0, 0.05) is 48.0 Å². The summed E-state index contributed by atoms with van der Waals surface area (Å²) < 4.78 is 27.9. The van der Waals surface area contributed by atoms with Gasteiger partial charge in [-0.05, 0) is 53.2 Å². The molecule has 7 N–H and O–H groups in total. The number of carbonyl (C=O) groups is 5. The summed E-state index contributed by atoms with van der Waals surface area (Å²) in [5, 5.41) is 72.5. The Morgan fingerprint density at radius 1 is 0.864 bits per heavy atom. The molecule has 0 aromatic heterocycles. The number of esters is 3. The normalized spacial score (nSPS) is 33.0. The molecule has 1 amide bonds. The lowest BCUT2D eigenvalue weighted by atomic mass is 9.74. The molecule has 1 aromatic carbocycles. The molecule has 1 aromatic rings. The van der Waals surface area contributed by atoms with Crippen molar-refractivity contribution in [3.63, 3.8) is 0 Å². The van der Waals surface area contributed by atoms with Crippen LogP contribution in [0.5, 0.6) is 11.5 Å². The number of benzene rings is 1. The summed E-state index contributed by atoms with van der Waals surface area (Å²) in [6, 6.07) is 0. The number of ketones is 1. The van der Waals surface area contributed by atoms with Gasteiger partial charge in [-0.15, -0.1) is 0 Å². The van der Waals surface area contributed by atoms with Crippen LogP contribution in [0.2, 0.25) is 0 Å². The molecule has 0 radical (unpaired) electrons. The highest BCUT2D eigenvalue weighted by Crippen LogP contribution is 2.53. The van der Waals surface area contributed by atoms with E-state index in [1.54, 1.807) is 0 Å². The van der Waals surface area contributed by atoms with Crippen molar-refractivity contribution >= 4 is 40.9 Å². The van der Waals surface area contributed by atoms with E-state index >= 15 is 0 Å². The van der Waals surface area contributed by atoms with Gasteiger partial charge >= 0.3 is 17.9 Å². The fourth-order valence-electron chi connectivity index (χ4n) is 7.66. The van der Waals surface area contributed by atoms with Crippen molar-refractivity contribution in [3.8, 4) is 11.5 Å². The zero-order valence-electron chi connectivity index (χ0n) is 34.8. The number of hydrogen-bond donors (Lipinski definition) is 7. The standard InChI is InChI=1S/C42H53NO16/c1-17-13-12-14-41(9,53)37(49)21(5)31(47)28(40(52)55-11)36(59-24(8)45)22(6)38(50)42(10,54)15-18(2)33-27-25-26(30(46)20(4)34(27)57-16-56-33)32(48)29(43-39(17)51)19(3)35(25)58-23(7)44/h12-15,21-22,28,31,36-38,47-50,53-54H,16H2,1-11H3,(H,43,51)/b14-12-,17-13+,18-15+/t21-,22+,28+,31+,36-,37-,38+,41+,42+/m0/s1. The molecule has 9 atom stereocenters. The second-order valence-corrected chi connectivity index (χ2v) is 15.6. The van der Waals surface area contributed by atoms with Gasteiger partial charge < -0.3 is 59.6 Å². The average molecular weight is 828 g/mol. The molecular weight excluding hydrogens is 774 g/mol. The van der Waals surface area contributed by atoms with Crippen molar-refractivity contribution < 1.29 is 78.3 Å². The van der Waals surface area contributed by atoms with Crippen molar-refractivity contribution in [1.29, 1.82) is 0 Å². The van der Waals surface area contributed by atoms with Gasteiger partial charge in [-0.2, -0.15) is 0 Å². The molecular formula is C42H53NO16. The summed E-state index contributed by atoms with van der Waals surface area (Å²) in [6.07, 6.45) is -2.49. The Labute approximate surface area is 341 Å². The molecule has 3 aliphatic heterocycles. The number of allylic oxidation sites excluding steroid dienone is 5. The van der Waals surface area contributed by atoms with Crippen molar-refractivity contribution in [2.45, 2.75) is 105 Å². The molecule has 4 bridgehead atoms. The van der Waals surface area contributed by atoms with Gasteiger partial charge in [-0.3, -0.25) is 24.0 Å². The lowest BCUT2D eigenvalue weighted by Gasteiger charge is -2.41. The minimum absolute atomic E-state index is 0.00133. The van der Waals surface area contributed by atoms with Crippen molar-refractivity contribution in [1.82, 2.24) is 0 Å². The van der Waals surface area contributed by atoms with Gasteiger partial charge in [0.15, 0.2) is 11.5 Å². The topological polar surface area (TPSA) is 265 Å². The van der Waals surface area contributed by atoms with Gasteiger partial charge in [0.1, 0.15) is 40.5 Å². The van der Waals surface area contributed by atoms with Crippen LogP contribution in [-0.2, 0) is 38.1 Å². The third-order valence-corrected chi connectivity index (χ3v) is 10.9. The van der Waals surface area contributed by atoms with E-state index in [1.807, 2.05) is 0 Å². The second kappa shape index (κ2) is 17.5. The number of ether oxygens (including phenoxy) is 5. The Balaban J connectivity index is 2.12. The molecule has 3 heterocycles. The highest BCUT2D eigenvalue weighted by molar-refractivity contribution is 6.21. The van der Waals surface area contributed by atoms with Gasteiger partial charge in [-0.25, -0.2) is 0 Å². The first-order valence-electron chi connectivity index (χ1n) is 18.8. The lowest BCUT2D eigenvalue weighted by molar-refractivity contribution is -0.183. The summed E-state index contributed by atoms with van der Waals surface area (Å²) in [6.45, 7) is 12.5. The van der Waals surface area contributed by atoms with Gasteiger partial charge in [0.25, 0.3) is 5.91 Å². The highest BCUT2D eigenvalue weighted by atomic mass is 16.7. The minimum atomic E-state index is -2.26. The number of carbonyl (C=O) groups excluding carboxylic acids is 5. The van der Waals surface area contributed by atoms with Crippen LogP contribution in [0.25, 0.3) is 5.57 Å². The maximum atomic E-state index is 14.0. The molecule has 0 fully saturated rings. The first-order chi connectivity index (χ1) is 27.3. The number of nitrogens with one attached hydrogen (secondary N) is 1. The second-order valence-electron chi connectivity index (χ2n) is 15.6. The predicted octanol–water partition coefficient (Wildman–Crippen LogP) is 2.79. The van der Waals surface area contributed by atoms with Crippen molar-refractivity contribution in [2.75, 3.05) is 19.2 Å². The third-order valence-electron chi connectivity index (χ3n) is 10.9. The zero-order chi connectivity index (χ0) is 44.6. The van der Waals surface area contributed by atoms with Gasteiger partial charge in [0.2, 0.25) is 6.79 Å². The van der Waals surface area contributed by atoms with E-state index in [9.17, 15) is 54.6 Å². The number of phenols is 1. The first-order valence-corrected chi connectivity index (χ1v) is 18.8. The zero-order valence-corrected chi connectivity index (χ0v) is 34.8. The van der Waals surface area contributed by atoms with Gasteiger partial charge in [0.05, 0.1) is 42.2 Å². The molecule has 0 saturated heterocycles. The predicted molar refractivity (Wildman–Crippen MR) is 209 cm³/mol. The molecule has 59 heavy (non-hydrogen) atoms. The number of anilines is 1. The van der Waals surface area contributed by atoms with E-state index in [1.165, 1.54) is 73.6 Å². The number of methoxy groups -OCH3 is 1. The molecule has 4 aliphatic rings. The van der Waals surface area contributed by atoms with Crippen LogP contribution in [0.4, 0.5) is 5.69 Å². The van der Waals surface area contributed by atoms with Crippen LogP contribution in [0.3, 0.4) is 0 Å². The molecule has 1 aliphatic carbocycles. The maximum absolute atomic E-state index is 14.0. The monoisotopic (exact) mass is 827 g/mol. The quantitative estimate of drug-likeness (QED) is 0.131. The number of aromatic hydroxyl groups is 1. The first kappa shape index (κ1) is 46.4. The molecule has 17 nitrogen and oxygen atoms in total. The third kappa shape index (κ3) is 8.99.